The third-order valence-electron chi connectivity index (χ3n) is 1.71. The molecule has 1 aromatic carbocycles. The highest BCUT2D eigenvalue weighted by molar-refractivity contribution is 5.97. The first kappa shape index (κ1) is 10.7. The van der Waals surface area contributed by atoms with Crippen LogP contribution < -0.4 is 11.1 Å². The van der Waals surface area contributed by atoms with Crippen LogP contribution in [0, 0.1) is 5.82 Å². The lowest BCUT2D eigenvalue weighted by Gasteiger charge is -2.17. The molecule has 1 rings (SSSR count). The topological polar surface area (TPSA) is 55.1 Å². The van der Waals surface area contributed by atoms with Crippen LogP contribution in [0.5, 0.6) is 0 Å². The number of halogens is 1. The Labute approximate surface area is 82.1 Å². The summed E-state index contributed by atoms with van der Waals surface area (Å²) in [5.41, 5.74) is 4.68. The second-order valence-corrected chi connectivity index (χ2v) is 3.66. The molecule has 1 aromatic rings. The number of carbonyl (C=O) groups excluding carboxylic acids is 1. The Balaban J connectivity index is 2.80. The largest absolute Gasteiger partial charge is 0.322 e. The highest BCUT2D eigenvalue weighted by Gasteiger charge is 2.22. The van der Waals surface area contributed by atoms with Gasteiger partial charge in [0.05, 0.1) is 11.2 Å². The van der Waals surface area contributed by atoms with Crippen LogP contribution in [0.25, 0.3) is 0 Å². The maximum Gasteiger partial charge on any atom is 0.243 e. The first-order chi connectivity index (χ1) is 6.41. The Bertz CT molecular complexity index is 344. The van der Waals surface area contributed by atoms with E-state index in [4.69, 9.17) is 5.73 Å². The third-order valence-corrected chi connectivity index (χ3v) is 1.71. The molecule has 0 aliphatic carbocycles. The lowest BCUT2D eigenvalue weighted by atomic mass is 10.1. The molecule has 3 N–H and O–H groups in total. The number of nitrogens with two attached hydrogens (primary N) is 1. The Kier molecular flexibility index (Phi) is 2.86. The molecule has 0 spiro atoms. The van der Waals surface area contributed by atoms with Crippen LogP contribution in [-0.2, 0) is 4.79 Å². The number of carbonyl (C=O) groups is 1. The minimum atomic E-state index is -1.01. The van der Waals surface area contributed by atoms with Crippen molar-refractivity contribution >= 4 is 11.6 Å². The molecule has 76 valence electrons. The molecule has 0 aliphatic heterocycles. The van der Waals surface area contributed by atoms with Gasteiger partial charge in [-0.15, -0.1) is 0 Å². The summed E-state index contributed by atoms with van der Waals surface area (Å²) in [5.74, 6) is -0.882. The Morgan fingerprint density at radius 2 is 2.00 bits per heavy atom. The minimum Gasteiger partial charge on any atom is -0.322 e. The van der Waals surface area contributed by atoms with Crippen molar-refractivity contribution in [2.45, 2.75) is 19.4 Å². The van der Waals surface area contributed by atoms with E-state index in [1.54, 1.807) is 26.0 Å². The molecule has 0 saturated carbocycles. The SMILES string of the molecule is CC(C)(N)C(=O)Nc1ccccc1F. The molecule has 4 heteroatoms. The molecule has 0 saturated heterocycles. The van der Waals surface area contributed by atoms with E-state index in [1.165, 1.54) is 12.1 Å². The van der Waals surface area contributed by atoms with Crippen LogP contribution in [0.3, 0.4) is 0 Å². The van der Waals surface area contributed by atoms with E-state index in [-0.39, 0.29) is 5.69 Å². The quantitative estimate of drug-likeness (QED) is 0.753. The number of hydrogen-bond donors (Lipinski definition) is 2. The summed E-state index contributed by atoms with van der Waals surface area (Å²) in [6.07, 6.45) is 0. The number of para-hydroxylation sites is 1. The standard InChI is InChI=1S/C10H13FN2O/c1-10(2,12)9(14)13-8-6-4-3-5-7(8)11/h3-6H,12H2,1-2H3,(H,13,14). The van der Waals surface area contributed by atoms with Crippen molar-refractivity contribution in [1.82, 2.24) is 0 Å². The first-order valence-corrected chi connectivity index (χ1v) is 4.26. The van der Waals surface area contributed by atoms with E-state index in [1.807, 2.05) is 0 Å². The number of hydrogen-bond acceptors (Lipinski definition) is 2. The molecule has 0 aliphatic rings. The number of benzene rings is 1. The zero-order valence-electron chi connectivity index (χ0n) is 8.17. The molecule has 0 radical (unpaired) electrons. The van der Waals surface area contributed by atoms with E-state index < -0.39 is 17.3 Å². The monoisotopic (exact) mass is 196 g/mol. The zero-order valence-corrected chi connectivity index (χ0v) is 8.17. The van der Waals surface area contributed by atoms with Crippen molar-refractivity contribution in [2.75, 3.05) is 5.32 Å². The lowest BCUT2D eigenvalue weighted by molar-refractivity contribution is -0.120. The molecule has 0 fully saturated rings. The van der Waals surface area contributed by atoms with Crippen molar-refractivity contribution < 1.29 is 9.18 Å². The van der Waals surface area contributed by atoms with Gasteiger partial charge in [-0.3, -0.25) is 4.79 Å². The van der Waals surface area contributed by atoms with Crippen molar-refractivity contribution in [3.8, 4) is 0 Å². The molecule has 0 atom stereocenters. The van der Waals surface area contributed by atoms with Crippen molar-refractivity contribution in [2.24, 2.45) is 5.73 Å². The maximum atomic E-state index is 13.1. The smallest absolute Gasteiger partial charge is 0.243 e. The van der Waals surface area contributed by atoms with Gasteiger partial charge < -0.3 is 11.1 Å². The van der Waals surface area contributed by atoms with Crippen LogP contribution in [0.1, 0.15) is 13.8 Å². The Morgan fingerprint density at radius 1 is 1.43 bits per heavy atom. The minimum absolute atomic E-state index is 0.149. The second kappa shape index (κ2) is 3.75. The molecule has 14 heavy (non-hydrogen) atoms. The summed E-state index contributed by atoms with van der Waals surface area (Å²) >= 11 is 0. The van der Waals surface area contributed by atoms with Gasteiger partial charge in [-0.2, -0.15) is 0 Å². The summed E-state index contributed by atoms with van der Waals surface area (Å²) in [6, 6.07) is 5.96. The summed E-state index contributed by atoms with van der Waals surface area (Å²) in [4.78, 5) is 11.4. The van der Waals surface area contributed by atoms with Crippen LogP contribution in [0.4, 0.5) is 10.1 Å². The van der Waals surface area contributed by atoms with Crippen LogP contribution in [0.2, 0.25) is 0 Å². The van der Waals surface area contributed by atoms with E-state index in [0.717, 1.165) is 0 Å². The Hall–Kier alpha value is -1.42. The van der Waals surface area contributed by atoms with E-state index >= 15 is 0 Å². The van der Waals surface area contributed by atoms with Crippen LogP contribution >= 0.6 is 0 Å². The number of rotatable bonds is 2. The van der Waals surface area contributed by atoms with Crippen molar-refractivity contribution in [3.63, 3.8) is 0 Å². The first-order valence-electron chi connectivity index (χ1n) is 4.26. The molecule has 0 aromatic heterocycles. The van der Waals surface area contributed by atoms with E-state index in [0.29, 0.717) is 0 Å². The summed E-state index contributed by atoms with van der Waals surface area (Å²) in [5, 5.41) is 2.41. The predicted molar refractivity (Wildman–Crippen MR) is 53.3 cm³/mol. The van der Waals surface area contributed by atoms with Crippen molar-refractivity contribution in [1.29, 1.82) is 0 Å². The summed E-state index contributed by atoms with van der Waals surface area (Å²) < 4.78 is 13.1. The fourth-order valence-corrected chi connectivity index (χ4v) is 0.846. The van der Waals surface area contributed by atoms with Gasteiger partial charge in [0.25, 0.3) is 0 Å². The van der Waals surface area contributed by atoms with Gasteiger partial charge in [0.1, 0.15) is 5.82 Å². The van der Waals surface area contributed by atoms with Crippen molar-refractivity contribution in [3.05, 3.63) is 30.1 Å². The Morgan fingerprint density at radius 3 is 2.50 bits per heavy atom. The van der Waals surface area contributed by atoms with Crippen LogP contribution in [0.15, 0.2) is 24.3 Å². The van der Waals surface area contributed by atoms with Gasteiger partial charge in [-0.1, -0.05) is 12.1 Å². The van der Waals surface area contributed by atoms with Gasteiger partial charge in [0.15, 0.2) is 0 Å². The number of anilines is 1. The van der Waals surface area contributed by atoms with E-state index in [2.05, 4.69) is 5.32 Å². The highest BCUT2D eigenvalue weighted by Crippen LogP contribution is 2.13. The number of amides is 1. The van der Waals surface area contributed by atoms with Gasteiger partial charge in [0.2, 0.25) is 5.91 Å². The van der Waals surface area contributed by atoms with Crippen LogP contribution in [-0.4, -0.2) is 11.4 Å². The fraction of sp³-hybridized carbons (Fsp3) is 0.300. The number of nitrogens with one attached hydrogen (secondary N) is 1. The highest BCUT2D eigenvalue weighted by atomic mass is 19.1. The lowest BCUT2D eigenvalue weighted by Crippen LogP contribution is -2.45. The second-order valence-electron chi connectivity index (χ2n) is 3.66. The molecule has 0 heterocycles. The molecule has 3 nitrogen and oxygen atoms in total. The zero-order chi connectivity index (χ0) is 10.8. The molecular formula is C10H13FN2O. The normalized spacial score (nSPS) is 11.1. The van der Waals surface area contributed by atoms with Gasteiger partial charge in [-0.25, -0.2) is 4.39 Å². The molecular weight excluding hydrogens is 183 g/mol. The fourth-order valence-electron chi connectivity index (χ4n) is 0.846. The van der Waals surface area contributed by atoms with Gasteiger partial charge >= 0.3 is 0 Å². The maximum absolute atomic E-state index is 13.1. The molecule has 0 bridgehead atoms. The van der Waals surface area contributed by atoms with E-state index in [9.17, 15) is 9.18 Å². The van der Waals surface area contributed by atoms with Gasteiger partial charge in [-0.05, 0) is 26.0 Å². The summed E-state index contributed by atoms with van der Waals surface area (Å²) in [7, 11) is 0. The third kappa shape index (κ3) is 2.53. The predicted octanol–water partition coefficient (Wildman–Crippen LogP) is 1.50. The summed E-state index contributed by atoms with van der Waals surface area (Å²) in [6.45, 7) is 3.12. The molecule has 1 amide bonds. The average molecular weight is 196 g/mol. The molecule has 0 unspecified atom stereocenters. The average Bonchev–Trinajstić information content (AvgIpc) is 2.07. The van der Waals surface area contributed by atoms with Gasteiger partial charge in [0, 0.05) is 0 Å².